The molecule has 0 atom stereocenters. The fourth-order valence-electron chi connectivity index (χ4n) is 2.05. The molecule has 1 aromatic rings. The van der Waals surface area contributed by atoms with Crippen molar-refractivity contribution < 1.29 is 23.0 Å². The molecule has 0 fully saturated rings. The van der Waals surface area contributed by atoms with Gasteiger partial charge in [-0.2, -0.15) is 0 Å². The summed E-state index contributed by atoms with van der Waals surface area (Å²) in [6, 6.07) is 2.68. The van der Waals surface area contributed by atoms with E-state index in [4.69, 9.17) is 9.47 Å². The van der Waals surface area contributed by atoms with E-state index in [0.717, 1.165) is 11.3 Å². The van der Waals surface area contributed by atoms with Crippen molar-refractivity contribution in [3.05, 3.63) is 35.3 Å². The van der Waals surface area contributed by atoms with Gasteiger partial charge < -0.3 is 14.6 Å². The third-order valence-electron chi connectivity index (χ3n) is 3.48. The van der Waals surface area contributed by atoms with Gasteiger partial charge in [-0.25, -0.2) is 8.42 Å². The Balaban J connectivity index is 3.08. The molecule has 0 aliphatic rings. The Bertz CT molecular complexity index is 811. The number of rotatable bonds is 8. The molecule has 25 heavy (non-hydrogen) atoms. The Morgan fingerprint density at radius 3 is 2.44 bits per heavy atom. The predicted molar refractivity (Wildman–Crippen MR) is 100 cm³/mol. The predicted octanol–water partition coefficient (Wildman–Crippen LogP) is 3.09. The fourth-order valence-corrected chi connectivity index (χ4v) is 2.94. The molecule has 0 aromatic heterocycles. The number of sulfonamides is 1. The van der Waals surface area contributed by atoms with Crippen molar-refractivity contribution in [3.63, 3.8) is 0 Å². The fraction of sp³-hybridized carbons (Fsp3) is 0.353. The summed E-state index contributed by atoms with van der Waals surface area (Å²) in [4.78, 5) is 4.20. The Morgan fingerprint density at radius 2 is 1.96 bits per heavy atom. The number of methoxy groups -OCH3 is 2. The number of phenols is 1. The van der Waals surface area contributed by atoms with E-state index in [1.165, 1.54) is 33.3 Å². The van der Waals surface area contributed by atoms with Crippen molar-refractivity contribution >= 4 is 21.4 Å². The molecular formula is C17H24N2O5S. The van der Waals surface area contributed by atoms with E-state index in [1.54, 1.807) is 13.1 Å². The van der Waals surface area contributed by atoms with Gasteiger partial charge in [-0.05, 0) is 19.4 Å². The molecule has 0 bridgehead atoms. The smallest absolute Gasteiger partial charge is 0.257 e. The van der Waals surface area contributed by atoms with E-state index >= 15 is 0 Å². The number of benzene rings is 1. The zero-order valence-corrected chi connectivity index (χ0v) is 15.9. The van der Waals surface area contributed by atoms with E-state index < -0.39 is 10.0 Å². The van der Waals surface area contributed by atoms with Gasteiger partial charge in [-0.15, -0.1) is 0 Å². The van der Waals surface area contributed by atoms with Crippen molar-refractivity contribution in [2.75, 3.05) is 26.0 Å². The third kappa shape index (κ3) is 5.25. The van der Waals surface area contributed by atoms with Gasteiger partial charge in [0.15, 0.2) is 11.5 Å². The second kappa shape index (κ2) is 8.57. The van der Waals surface area contributed by atoms with E-state index in [2.05, 4.69) is 16.3 Å². The Kier molecular flexibility index (Phi) is 7.05. The van der Waals surface area contributed by atoms with Crippen molar-refractivity contribution in [2.24, 2.45) is 4.99 Å². The minimum atomic E-state index is -3.79. The van der Waals surface area contributed by atoms with Gasteiger partial charge in [0, 0.05) is 31.3 Å². The number of phenolic OH excluding ortho intramolecular Hbond substituents is 1. The van der Waals surface area contributed by atoms with Crippen LogP contribution in [0.5, 0.6) is 17.2 Å². The van der Waals surface area contributed by atoms with Crippen molar-refractivity contribution in [3.8, 4) is 17.2 Å². The molecule has 2 N–H and O–H groups in total. The van der Waals surface area contributed by atoms with Crippen LogP contribution < -0.4 is 14.2 Å². The van der Waals surface area contributed by atoms with Crippen LogP contribution in [0, 0.1) is 0 Å². The average Bonchev–Trinajstić information content (AvgIpc) is 2.53. The first-order chi connectivity index (χ1) is 11.7. The van der Waals surface area contributed by atoms with E-state index in [-0.39, 0.29) is 27.8 Å². The number of allylic oxidation sites excluding steroid dienone is 3. The lowest BCUT2D eigenvalue weighted by Gasteiger charge is -2.13. The topological polar surface area (TPSA) is 97.2 Å². The van der Waals surface area contributed by atoms with Gasteiger partial charge in [0.1, 0.15) is 0 Å². The Morgan fingerprint density at radius 1 is 1.32 bits per heavy atom. The molecule has 0 saturated carbocycles. The lowest BCUT2D eigenvalue weighted by Crippen LogP contribution is -2.14. The first-order valence-corrected chi connectivity index (χ1v) is 8.90. The number of hydrogen-bond donors (Lipinski definition) is 2. The molecule has 0 unspecified atom stereocenters. The van der Waals surface area contributed by atoms with Crippen LogP contribution in [0.4, 0.5) is 5.69 Å². The largest absolute Gasteiger partial charge is 0.504 e. The van der Waals surface area contributed by atoms with Crippen LogP contribution in [0.25, 0.3) is 0 Å². The summed E-state index contributed by atoms with van der Waals surface area (Å²) in [5, 5.41) is 9.93. The maximum Gasteiger partial charge on any atom is 0.257 e. The van der Waals surface area contributed by atoms with Crippen LogP contribution >= 0.6 is 0 Å². The summed E-state index contributed by atoms with van der Waals surface area (Å²) < 4.78 is 37.4. The highest BCUT2D eigenvalue weighted by atomic mass is 32.2. The molecule has 0 heterocycles. The van der Waals surface area contributed by atoms with Gasteiger partial charge in [-0.3, -0.25) is 9.71 Å². The van der Waals surface area contributed by atoms with Crippen molar-refractivity contribution in [1.29, 1.82) is 0 Å². The van der Waals surface area contributed by atoms with Crippen LogP contribution in [0.15, 0.2) is 40.3 Å². The van der Waals surface area contributed by atoms with Crippen LogP contribution in [-0.4, -0.2) is 40.5 Å². The molecule has 0 saturated heterocycles. The second-order valence-electron chi connectivity index (χ2n) is 5.31. The summed E-state index contributed by atoms with van der Waals surface area (Å²) in [5.74, 6) is 0.108. The summed E-state index contributed by atoms with van der Waals surface area (Å²) >= 11 is 0. The molecule has 138 valence electrons. The molecule has 1 rings (SSSR count). The zero-order chi connectivity index (χ0) is 19.2. The Hall–Kier alpha value is -2.48. The molecule has 0 aliphatic heterocycles. The lowest BCUT2D eigenvalue weighted by atomic mass is 10.1. The molecule has 0 aliphatic carbocycles. The van der Waals surface area contributed by atoms with Gasteiger partial charge in [0.2, 0.25) is 5.75 Å². The average molecular weight is 368 g/mol. The molecule has 1 aromatic carbocycles. The molecular weight excluding hydrogens is 344 g/mol. The van der Waals surface area contributed by atoms with Gasteiger partial charge in [-0.1, -0.05) is 12.7 Å². The SMILES string of the molecule is C=C(C)C(CC=C(C)S(=O)(=O)Nc1cc(O)c(OC)c(OC)c1)=NC. The minimum Gasteiger partial charge on any atom is -0.504 e. The minimum absolute atomic E-state index is 0.128. The number of nitrogens with zero attached hydrogens (tertiary/aromatic N) is 1. The number of aromatic hydroxyl groups is 1. The highest BCUT2D eigenvalue weighted by molar-refractivity contribution is 7.96. The Labute approximate surface area is 148 Å². The van der Waals surface area contributed by atoms with E-state index in [1.807, 2.05) is 6.92 Å². The maximum atomic E-state index is 12.4. The monoisotopic (exact) mass is 368 g/mol. The van der Waals surface area contributed by atoms with E-state index in [0.29, 0.717) is 6.42 Å². The van der Waals surface area contributed by atoms with E-state index in [9.17, 15) is 13.5 Å². The number of nitrogens with one attached hydrogen (secondary N) is 1. The third-order valence-corrected chi connectivity index (χ3v) is 5.00. The normalized spacial score (nSPS) is 12.7. The second-order valence-corrected chi connectivity index (χ2v) is 7.16. The summed E-state index contributed by atoms with van der Waals surface area (Å²) in [6.45, 7) is 7.09. The highest BCUT2D eigenvalue weighted by Gasteiger charge is 2.17. The first-order valence-electron chi connectivity index (χ1n) is 7.42. The van der Waals surface area contributed by atoms with Gasteiger partial charge in [0.25, 0.3) is 10.0 Å². The van der Waals surface area contributed by atoms with Crippen LogP contribution in [0.3, 0.4) is 0 Å². The van der Waals surface area contributed by atoms with Crippen LogP contribution in [0.2, 0.25) is 0 Å². The van der Waals surface area contributed by atoms with Crippen LogP contribution in [-0.2, 0) is 10.0 Å². The summed E-state index contributed by atoms with van der Waals surface area (Å²) in [5.41, 5.74) is 1.66. The van der Waals surface area contributed by atoms with Crippen molar-refractivity contribution in [2.45, 2.75) is 20.3 Å². The van der Waals surface area contributed by atoms with Crippen molar-refractivity contribution in [1.82, 2.24) is 0 Å². The highest BCUT2D eigenvalue weighted by Crippen LogP contribution is 2.39. The number of aliphatic imine (C=N–C) groups is 1. The summed E-state index contributed by atoms with van der Waals surface area (Å²) in [7, 11) is 0.617. The zero-order valence-electron chi connectivity index (χ0n) is 15.1. The lowest BCUT2D eigenvalue weighted by molar-refractivity contribution is 0.333. The molecule has 8 heteroatoms. The molecule has 0 spiro atoms. The molecule has 0 amide bonds. The number of anilines is 1. The molecule has 0 radical (unpaired) electrons. The number of ether oxygens (including phenoxy) is 2. The van der Waals surface area contributed by atoms with Gasteiger partial charge in [0.05, 0.1) is 24.8 Å². The number of hydrogen-bond acceptors (Lipinski definition) is 6. The summed E-state index contributed by atoms with van der Waals surface area (Å²) in [6.07, 6.45) is 1.91. The quantitative estimate of drug-likeness (QED) is 0.687. The maximum absolute atomic E-state index is 12.4. The van der Waals surface area contributed by atoms with Gasteiger partial charge >= 0.3 is 0 Å². The first kappa shape index (κ1) is 20.6. The standard InChI is InChI=1S/C17H24N2O5S/c1-11(2)14(18-4)8-7-12(3)25(21,22)19-13-9-15(20)17(24-6)16(10-13)23-5/h7,9-10,19-20H,1,8H2,2-6H3. The molecule has 7 nitrogen and oxygen atoms in total. The van der Waals surface area contributed by atoms with Crippen LogP contribution in [0.1, 0.15) is 20.3 Å².